The quantitative estimate of drug-likeness (QED) is 0.813. The smallest absolute Gasteiger partial charge is 0.255 e. The van der Waals surface area contributed by atoms with Gasteiger partial charge in [-0.15, -0.1) is 5.10 Å². The van der Waals surface area contributed by atoms with Gasteiger partial charge in [0.25, 0.3) is 5.56 Å². The predicted molar refractivity (Wildman–Crippen MR) is 105 cm³/mol. The van der Waals surface area contributed by atoms with E-state index in [9.17, 15) is 9.18 Å². The molecule has 6 nitrogen and oxygen atoms in total. The van der Waals surface area contributed by atoms with Crippen molar-refractivity contribution in [3.05, 3.63) is 51.6 Å². The third-order valence-electron chi connectivity index (χ3n) is 6.40. The molecule has 148 valence electrons. The van der Waals surface area contributed by atoms with Gasteiger partial charge in [-0.05, 0) is 43.9 Å². The minimum atomic E-state index is -0.754. The van der Waals surface area contributed by atoms with Crippen molar-refractivity contribution in [1.29, 1.82) is 0 Å². The van der Waals surface area contributed by atoms with Crippen molar-refractivity contribution < 1.29 is 4.39 Å². The van der Waals surface area contributed by atoms with Gasteiger partial charge >= 0.3 is 0 Å². The highest BCUT2D eigenvalue weighted by Gasteiger charge is 2.35. The number of hydrogen-bond acceptors (Lipinski definition) is 5. The molecule has 2 bridgehead atoms. The van der Waals surface area contributed by atoms with Crippen LogP contribution in [0.4, 0.5) is 10.2 Å². The number of aryl methyl sites for hydroxylation is 1. The lowest BCUT2D eigenvalue weighted by Gasteiger charge is -2.43. The normalized spacial score (nSPS) is 27.1. The number of halogens is 1. The van der Waals surface area contributed by atoms with Crippen molar-refractivity contribution in [3.63, 3.8) is 0 Å². The largest absolute Gasteiger partial charge is 0.354 e. The molecule has 0 amide bonds. The van der Waals surface area contributed by atoms with Gasteiger partial charge in [0, 0.05) is 56.4 Å². The Hall–Kier alpha value is -2.28. The second-order valence-corrected chi connectivity index (χ2v) is 8.56. The number of pyridine rings is 1. The van der Waals surface area contributed by atoms with Crippen LogP contribution < -0.4 is 10.5 Å². The van der Waals surface area contributed by atoms with E-state index >= 15 is 0 Å². The third-order valence-corrected chi connectivity index (χ3v) is 6.40. The second kappa shape index (κ2) is 6.95. The molecule has 0 unspecified atom stereocenters. The molecule has 0 aliphatic carbocycles. The molecule has 3 aliphatic heterocycles. The minimum absolute atomic E-state index is 0.109. The molecule has 3 atom stereocenters. The third kappa shape index (κ3) is 3.21. The van der Waals surface area contributed by atoms with Gasteiger partial charge in [0.15, 0.2) is 5.82 Å². The van der Waals surface area contributed by atoms with E-state index in [0.717, 1.165) is 55.4 Å². The number of nitrogens with zero attached hydrogens (tertiary/aromatic N) is 5. The van der Waals surface area contributed by atoms with Crippen LogP contribution in [0, 0.1) is 12.8 Å². The molecule has 0 N–H and O–H groups in total. The summed E-state index contributed by atoms with van der Waals surface area (Å²) in [6.07, 6.45) is 0.939. The van der Waals surface area contributed by atoms with Gasteiger partial charge in [-0.3, -0.25) is 9.69 Å². The molecular formula is C21H26FN5O. The van der Waals surface area contributed by atoms with Crippen molar-refractivity contribution in [2.45, 2.75) is 44.9 Å². The zero-order chi connectivity index (χ0) is 19.3. The first kappa shape index (κ1) is 17.8. The van der Waals surface area contributed by atoms with Crippen molar-refractivity contribution in [3.8, 4) is 0 Å². The van der Waals surface area contributed by atoms with Crippen LogP contribution in [0.3, 0.4) is 0 Å². The summed E-state index contributed by atoms with van der Waals surface area (Å²) < 4.78 is 15.4. The number of fused-ring (bicyclic) bond motifs is 4. The van der Waals surface area contributed by atoms with Crippen molar-refractivity contribution in [2.24, 2.45) is 5.92 Å². The summed E-state index contributed by atoms with van der Waals surface area (Å²) in [7, 11) is 0. The van der Waals surface area contributed by atoms with Gasteiger partial charge in [-0.25, -0.2) is 4.39 Å². The Kier molecular flexibility index (Phi) is 4.42. The number of rotatable bonds is 3. The summed E-state index contributed by atoms with van der Waals surface area (Å²) in [5, 5.41) is 8.55. The van der Waals surface area contributed by atoms with Crippen LogP contribution in [0.5, 0.6) is 0 Å². The van der Waals surface area contributed by atoms with Gasteiger partial charge < -0.3 is 9.47 Å². The topological polar surface area (TPSA) is 54.3 Å². The zero-order valence-electron chi connectivity index (χ0n) is 16.2. The monoisotopic (exact) mass is 383 g/mol. The summed E-state index contributed by atoms with van der Waals surface area (Å²) in [6, 6.07) is 8.11. The molecule has 5 heterocycles. The van der Waals surface area contributed by atoms with Crippen LogP contribution in [0.1, 0.15) is 35.7 Å². The second-order valence-electron chi connectivity index (χ2n) is 8.56. The molecule has 0 aromatic carbocycles. The molecule has 5 rings (SSSR count). The molecular weight excluding hydrogens is 357 g/mol. The van der Waals surface area contributed by atoms with Crippen LogP contribution in [-0.4, -0.2) is 52.0 Å². The molecule has 2 fully saturated rings. The lowest BCUT2D eigenvalue weighted by Crippen LogP contribution is -2.48. The SMILES string of the molecule is Cc1ccc(N2C[C@@H]3C[C@H](C2)c2ccc(CN4CC[C@@H](F)C4)c(=O)n2C3)nn1. The molecule has 2 aromatic heterocycles. The number of anilines is 1. The van der Waals surface area contributed by atoms with E-state index in [1.807, 2.05) is 29.7 Å². The maximum absolute atomic E-state index is 13.5. The first-order valence-corrected chi connectivity index (χ1v) is 10.2. The van der Waals surface area contributed by atoms with Crippen LogP contribution in [-0.2, 0) is 13.1 Å². The Balaban J connectivity index is 1.39. The standard InChI is InChI=1S/C21H26FN5O/c1-14-2-5-20(24-23-14)26-9-15-8-17(12-26)19-4-3-16(21(28)27(19)10-15)11-25-7-6-18(22)13-25/h2-5,15,17-18H,6-13H2,1H3/t15-,17+,18+/m0/s1. The highest BCUT2D eigenvalue weighted by molar-refractivity contribution is 5.40. The van der Waals surface area contributed by atoms with Crippen LogP contribution in [0.2, 0.25) is 0 Å². The molecule has 28 heavy (non-hydrogen) atoms. The molecule has 2 saturated heterocycles. The molecule has 3 aliphatic rings. The minimum Gasteiger partial charge on any atom is -0.354 e. The first-order chi connectivity index (χ1) is 13.6. The zero-order valence-corrected chi connectivity index (χ0v) is 16.2. The maximum atomic E-state index is 13.5. The Bertz CT molecular complexity index is 927. The molecule has 7 heteroatoms. The summed E-state index contributed by atoms with van der Waals surface area (Å²) in [5.74, 6) is 1.69. The number of aromatic nitrogens is 3. The van der Waals surface area contributed by atoms with Crippen LogP contribution in [0.25, 0.3) is 0 Å². The average Bonchev–Trinajstić information content (AvgIpc) is 3.10. The maximum Gasteiger partial charge on any atom is 0.255 e. The summed E-state index contributed by atoms with van der Waals surface area (Å²) in [6.45, 7) is 6.19. The van der Waals surface area contributed by atoms with Crippen molar-refractivity contribution >= 4 is 5.82 Å². The summed E-state index contributed by atoms with van der Waals surface area (Å²) in [5.41, 5.74) is 2.94. The van der Waals surface area contributed by atoms with E-state index in [2.05, 4.69) is 26.1 Å². The van der Waals surface area contributed by atoms with E-state index in [1.54, 1.807) is 0 Å². The fraction of sp³-hybridized carbons (Fsp3) is 0.571. The summed E-state index contributed by atoms with van der Waals surface area (Å²) in [4.78, 5) is 17.5. The predicted octanol–water partition coefficient (Wildman–Crippen LogP) is 2.11. The van der Waals surface area contributed by atoms with E-state index in [4.69, 9.17) is 0 Å². The van der Waals surface area contributed by atoms with Gasteiger partial charge in [-0.1, -0.05) is 6.07 Å². The highest BCUT2D eigenvalue weighted by Crippen LogP contribution is 2.36. The number of hydrogen-bond donors (Lipinski definition) is 0. The Morgan fingerprint density at radius 2 is 2.00 bits per heavy atom. The van der Waals surface area contributed by atoms with E-state index in [-0.39, 0.29) is 5.56 Å². The van der Waals surface area contributed by atoms with Crippen molar-refractivity contribution in [2.75, 3.05) is 31.1 Å². The van der Waals surface area contributed by atoms with Crippen molar-refractivity contribution in [1.82, 2.24) is 19.7 Å². The molecule has 0 saturated carbocycles. The van der Waals surface area contributed by atoms with E-state index < -0.39 is 6.17 Å². The first-order valence-electron chi connectivity index (χ1n) is 10.2. The Morgan fingerprint density at radius 3 is 2.75 bits per heavy atom. The lowest BCUT2D eigenvalue weighted by molar-refractivity contribution is 0.270. The molecule has 0 spiro atoms. The van der Waals surface area contributed by atoms with Gasteiger partial charge in [0.1, 0.15) is 6.17 Å². The van der Waals surface area contributed by atoms with Gasteiger partial charge in [-0.2, -0.15) is 5.10 Å². The molecule has 0 radical (unpaired) electrons. The van der Waals surface area contributed by atoms with Crippen LogP contribution >= 0.6 is 0 Å². The number of piperidine rings is 1. The Labute approximate surface area is 164 Å². The fourth-order valence-electron chi connectivity index (χ4n) is 5.03. The molecule has 2 aromatic rings. The Morgan fingerprint density at radius 1 is 1.11 bits per heavy atom. The van der Waals surface area contributed by atoms with E-state index in [0.29, 0.717) is 31.3 Å². The van der Waals surface area contributed by atoms with Crippen LogP contribution in [0.15, 0.2) is 29.1 Å². The summed E-state index contributed by atoms with van der Waals surface area (Å²) >= 11 is 0. The lowest BCUT2D eigenvalue weighted by atomic mass is 9.83. The van der Waals surface area contributed by atoms with E-state index in [1.165, 1.54) is 0 Å². The van der Waals surface area contributed by atoms with Gasteiger partial charge in [0.05, 0.1) is 5.69 Å². The number of likely N-dealkylation sites (tertiary alicyclic amines) is 1. The van der Waals surface area contributed by atoms with Gasteiger partial charge in [0.2, 0.25) is 0 Å². The highest BCUT2D eigenvalue weighted by atomic mass is 19.1. The number of alkyl halides is 1. The fourth-order valence-corrected chi connectivity index (χ4v) is 5.03. The average molecular weight is 383 g/mol.